The Labute approximate surface area is 156 Å². The minimum Gasteiger partial charge on any atom is -0.232 e. The van der Waals surface area contributed by atoms with Crippen LogP contribution < -0.4 is 0 Å². The molecule has 2 aliphatic rings. The molecule has 0 spiro atoms. The lowest BCUT2D eigenvalue weighted by Gasteiger charge is -2.19. The Balaban J connectivity index is 1.72. The van der Waals surface area contributed by atoms with Gasteiger partial charge in [-0.3, -0.25) is 0 Å². The fraction of sp³-hybridized carbons (Fsp3) is 0.238. The molecule has 3 aromatic rings. The van der Waals surface area contributed by atoms with Crippen LogP contribution in [0.2, 0.25) is 10.0 Å². The largest absolute Gasteiger partial charge is 0.232 e. The SMILES string of the molecule is Clc1ccc(-c2nc(-c3ccc(Cl)cc3)c3c(n2)[C@@H]2CC[C@H]3C2)cc1. The summed E-state index contributed by atoms with van der Waals surface area (Å²) >= 11 is 12.1. The minimum absolute atomic E-state index is 0.583. The number of aromatic nitrogens is 2. The zero-order valence-electron chi connectivity index (χ0n) is 13.5. The third-order valence-electron chi connectivity index (χ3n) is 5.42. The number of fused-ring (bicyclic) bond motifs is 5. The maximum atomic E-state index is 6.08. The lowest BCUT2D eigenvalue weighted by atomic mass is 9.91. The van der Waals surface area contributed by atoms with Crippen molar-refractivity contribution in [1.82, 2.24) is 9.97 Å². The molecular weight excluding hydrogens is 351 g/mol. The smallest absolute Gasteiger partial charge is 0.160 e. The van der Waals surface area contributed by atoms with E-state index < -0.39 is 0 Å². The molecule has 0 saturated heterocycles. The minimum atomic E-state index is 0.583. The third kappa shape index (κ3) is 2.56. The van der Waals surface area contributed by atoms with E-state index in [2.05, 4.69) is 12.1 Å². The molecule has 2 aromatic carbocycles. The second kappa shape index (κ2) is 5.82. The highest BCUT2D eigenvalue weighted by molar-refractivity contribution is 6.30. The summed E-state index contributed by atoms with van der Waals surface area (Å²) in [5, 5.41) is 1.47. The first kappa shape index (κ1) is 15.4. The Morgan fingerprint density at radius 1 is 0.720 bits per heavy atom. The van der Waals surface area contributed by atoms with Crippen LogP contribution in [0.3, 0.4) is 0 Å². The van der Waals surface area contributed by atoms with Gasteiger partial charge in [0.1, 0.15) is 0 Å². The molecule has 0 amide bonds. The highest BCUT2D eigenvalue weighted by atomic mass is 35.5. The highest BCUT2D eigenvalue weighted by Gasteiger charge is 2.40. The average molecular weight is 367 g/mol. The van der Waals surface area contributed by atoms with Gasteiger partial charge in [-0.25, -0.2) is 9.97 Å². The maximum absolute atomic E-state index is 6.08. The lowest BCUT2D eigenvalue weighted by Crippen LogP contribution is -2.07. The summed E-state index contributed by atoms with van der Waals surface area (Å²) in [4.78, 5) is 9.92. The molecule has 5 rings (SSSR count). The predicted octanol–water partition coefficient (Wildman–Crippen LogP) is 6.48. The Kier molecular flexibility index (Phi) is 3.58. The number of rotatable bonds is 2. The first-order chi connectivity index (χ1) is 12.2. The molecule has 4 heteroatoms. The topological polar surface area (TPSA) is 25.8 Å². The van der Waals surface area contributed by atoms with Gasteiger partial charge in [-0.1, -0.05) is 35.3 Å². The number of benzene rings is 2. The third-order valence-corrected chi connectivity index (χ3v) is 5.93. The van der Waals surface area contributed by atoms with Crippen molar-refractivity contribution in [3.63, 3.8) is 0 Å². The molecular formula is C21H16Cl2N2. The molecule has 1 fully saturated rings. The molecule has 1 saturated carbocycles. The van der Waals surface area contributed by atoms with Gasteiger partial charge in [-0.2, -0.15) is 0 Å². The van der Waals surface area contributed by atoms with Crippen LogP contribution in [-0.4, -0.2) is 9.97 Å². The van der Waals surface area contributed by atoms with Gasteiger partial charge in [-0.15, -0.1) is 0 Å². The fourth-order valence-corrected chi connectivity index (χ4v) is 4.50. The Hall–Kier alpha value is -1.90. The summed E-state index contributed by atoms with van der Waals surface area (Å²) in [7, 11) is 0. The van der Waals surface area contributed by atoms with Gasteiger partial charge >= 0.3 is 0 Å². The van der Waals surface area contributed by atoms with E-state index >= 15 is 0 Å². The van der Waals surface area contributed by atoms with Gasteiger partial charge in [-0.05, 0) is 61.6 Å². The number of halogens is 2. The van der Waals surface area contributed by atoms with E-state index in [1.54, 1.807) is 0 Å². The van der Waals surface area contributed by atoms with Crippen molar-refractivity contribution >= 4 is 23.2 Å². The first-order valence-electron chi connectivity index (χ1n) is 8.63. The summed E-state index contributed by atoms with van der Waals surface area (Å²) in [6, 6.07) is 15.7. The molecule has 0 radical (unpaired) electrons. The summed E-state index contributed by atoms with van der Waals surface area (Å²) < 4.78 is 0. The second-order valence-electron chi connectivity index (χ2n) is 6.92. The van der Waals surface area contributed by atoms with Gasteiger partial charge < -0.3 is 0 Å². The number of hydrogen-bond donors (Lipinski definition) is 0. The van der Waals surface area contributed by atoms with Gasteiger partial charge in [0.25, 0.3) is 0 Å². The lowest BCUT2D eigenvalue weighted by molar-refractivity contribution is 0.694. The van der Waals surface area contributed by atoms with Crippen molar-refractivity contribution in [3.05, 3.63) is 69.8 Å². The van der Waals surface area contributed by atoms with E-state index in [9.17, 15) is 0 Å². The van der Waals surface area contributed by atoms with Crippen LogP contribution in [0.25, 0.3) is 22.6 Å². The monoisotopic (exact) mass is 366 g/mol. The quantitative estimate of drug-likeness (QED) is 0.518. The van der Waals surface area contributed by atoms with Crippen LogP contribution in [0.1, 0.15) is 42.4 Å². The summed E-state index contributed by atoms with van der Waals surface area (Å²) in [5.74, 6) is 1.97. The highest BCUT2D eigenvalue weighted by Crippen LogP contribution is 2.54. The molecule has 2 nitrogen and oxygen atoms in total. The number of hydrogen-bond acceptors (Lipinski definition) is 2. The molecule has 2 aliphatic carbocycles. The molecule has 0 aliphatic heterocycles. The molecule has 1 heterocycles. The molecule has 2 atom stereocenters. The second-order valence-corrected chi connectivity index (χ2v) is 7.79. The average Bonchev–Trinajstić information content (AvgIpc) is 3.24. The summed E-state index contributed by atoms with van der Waals surface area (Å²) in [6.07, 6.45) is 3.71. The van der Waals surface area contributed by atoms with E-state index in [-0.39, 0.29) is 0 Å². The molecule has 0 N–H and O–H groups in total. The Bertz CT molecular complexity index is 949. The standard InChI is InChI=1S/C21H16Cl2N2/c22-16-7-3-12(4-8-16)19-18-14-1-2-15(11-14)20(18)25-21(24-19)13-5-9-17(23)10-6-13/h3-10,14-15H,1-2,11H2/t14-,15+/m0/s1. The van der Waals surface area contributed by atoms with E-state index in [0.717, 1.165) is 32.7 Å². The fourth-order valence-electron chi connectivity index (χ4n) is 4.25. The zero-order chi connectivity index (χ0) is 17.0. The van der Waals surface area contributed by atoms with Crippen molar-refractivity contribution in [2.75, 3.05) is 0 Å². The van der Waals surface area contributed by atoms with Crippen LogP contribution in [0.5, 0.6) is 0 Å². The van der Waals surface area contributed by atoms with Gasteiger partial charge in [0, 0.05) is 32.7 Å². The summed E-state index contributed by atoms with van der Waals surface area (Å²) in [5.41, 5.74) is 5.80. The van der Waals surface area contributed by atoms with Gasteiger partial charge in [0.2, 0.25) is 0 Å². The van der Waals surface area contributed by atoms with E-state index in [0.29, 0.717) is 11.8 Å². The molecule has 2 bridgehead atoms. The van der Waals surface area contributed by atoms with Crippen LogP contribution in [0, 0.1) is 0 Å². The summed E-state index contributed by atoms with van der Waals surface area (Å²) in [6.45, 7) is 0. The first-order valence-corrected chi connectivity index (χ1v) is 9.38. The van der Waals surface area contributed by atoms with Crippen molar-refractivity contribution < 1.29 is 0 Å². The predicted molar refractivity (Wildman–Crippen MR) is 102 cm³/mol. The Morgan fingerprint density at radius 3 is 2.00 bits per heavy atom. The Morgan fingerprint density at radius 2 is 1.32 bits per heavy atom. The molecule has 1 aromatic heterocycles. The number of nitrogens with zero attached hydrogens (tertiary/aromatic N) is 2. The maximum Gasteiger partial charge on any atom is 0.160 e. The van der Waals surface area contributed by atoms with Crippen molar-refractivity contribution in [3.8, 4) is 22.6 Å². The van der Waals surface area contributed by atoms with Crippen LogP contribution in [0.15, 0.2) is 48.5 Å². The van der Waals surface area contributed by atoms with Crippen LogP contribution in [-0.2, 0) is 0 Å². The van der Waals surface area contributed by atoms with E-state index in [4.69, 9.17) is 33.2 Å². The van der Waals surface area contributed by atoms with Crippen LogP contribution >= 0.6 is 23.2 Å². The molecule has 0 unspecified atom stereocenters. The van der Waals surface area contributed by atoms with Crippen molar-refractivity contribution in [2.24, 2.45) is 0 Å². The van der Waals surface area contributed by atoms with Gasteiger partial charge in [0.05, 0.1) is 11.4 Å². The van der Waals surface area contributed by atoms with E-state index in [1.165, 1.54) is 30.5 Å². The van der Waals surface area contributed by atoms with E-state index in [1.807, 2.05) is 36.4 Å². The van der Waals surface area contributed by atoms with Crippen LogP contribution in [0.4, 0.5) is 0 Å². The van der Waals surface area contributed by atoms with Crippen molar-refractivity contribution in [2.45, 2.75) is 31.1 Å². The normalized spacial score (nSPS) is 20.7. The molecule has 124 valence electrons. The van der Waals surface area contributed by atoms with Gasteiger partial charge in [0.15, 0.2) is 5.82 Å². The van der Waals surface area contributed by atoms with Crippen molar-refractivity contribution in [1.29, 1.82) is 0 Å². The molecule has 25 heavy (non-hydrogen) atoms. The zero-order valence-corrected chi connectivity index (χ0v) is 15.1.